The molecule has 3 aromatic heterocycles. The summed E-state index contributed by atoms with van der Waals surface area (Å²) in [5.41, 5.74) is 1.07. The minimum absolute atomic E-state index is 0.0580. The summed E-state index contributed by atoms with van der Waals surface area (Å²) in [7, 11) is -5.01. The van der Waals surface area contributed by atoms with E-state index < -0.39 is 20.0 Å². The van der Waals surface area contributed by atoms with Gasteiger partial charge in [-0.25, -0.2) is 31.2 Å². The molecule has 0 unspecified atom stereocenters. The summed E-state index contributed by atoms with van der Waals surface area (Å²) in [6.07, 6.45) is 0. The van der Waals surface area contributed by atoms with Crippen molar-refractivity contribution in [2.75, 3.05) is 11.8 Å². The third-order valence-corrected chi connectivity index (χ3v) is 9.75. The van der Waals surface area contributed by atoms with Crippen LogP contribution in [-0.4, -0.2) is 63.2 Å². The summed E-state index contributed by atoms with van der Waals surface area (Å²) in [6, 6.07) is 20.8. The topological polar surface area (TPSA) is 171 Å². The number of hydrogen-bond donors (Lipinski definition) is 1. The molecule has 0 fully saturated rings. The predicted molar refractivity (Wildman–Crippen MR) is 156 cm³/mol. The van der Waals surface area contributed by atoms with E-state index in [4.69, 9.17) is 16.0 Å². The largest absolute Gasteiger partial charge is 0.453 e. The number of nitrogens with zero attached hydrogens (tertiary/aromatic N) is 8. The summed E-state index contributed by atoms with van der Waals surface area (Å²) >= 11 is 5.94. The number of anilines is 1. The second-order valence-electron chi connectivity index (χ2n) is 9.33. The molecule has 0 aliphatic carbocycles. The summed E-state index contributed by atoms with van der Waals surface area (Å²) in [6.45, 7) is -0.169. The van der Waals surface area contributed by atoms with E-state index in [1.165, 1.54) is 67.3 Å². The van der Waals surface area contributed by atoms with Gasteiger partial charge in [0.25, 0.3) is 16.0 Å². The third-order valence-electron chi connectivity index (χ3n) is 6.33. The fourth-order valence-electron chi connectivity index (χ4n) is 4.19. The van der Waals surface area contributed by atoms with Crippen molar-refractivity contribution in [1.29, 1.82) is 0 Å². The third kappa shape index (κ3) is 5.72. The number of sulfonamides is 2. The van der Waals surface area contributed by atoms with E-state index in [0.717, 1.165) is 14.5 Å². The Labute approximate surface area is 250 Å². The quantitative estimate of drug-likeness (QED) is 0.247. The fraction of sp³-hybridized carbons (Fsp3) is 0.115. The molecule has 6 aromatic rings. The van der Waals surface area contributed by atoms with Gasteiger partial charge in [-0.1, -0.05) is 34.9 Å². The first-order chi connectivity index (χ1) is 20.5. The SMILES string of the molecule is CN(Cc1nc(-c2cc3ccccc3o2)nn1-c1ccc(S(=O)(=O)Nc2nnn(C)n2)cc1)S(=O)(=O)c1ccc(Cl)cc1. The second-order valence-corrected chi connectivity index (χ2v) is 13.5. The van der Waals surface area contributed by atoms with Crippen molar-refractivity contribution >= 4 is 48.6 Å². The molecule has 3 aromatic carbocycles. The molecule has 6 rings (SSSR count). The van der Waals surface area contributed by atoms with Crippen molar-refractivity contribution in [3.63, 3.8) is 0 Å². The highest BCUT2D eigenvalue weighted by atomic mass is 35.5. The highest BCUT2D eigenvalue weighted by Crippen LogP contribution is 2.28. The maximum absolute atomic E-state index is 13.3. The van der Waals surface area contributed by atoms with Gasteiger partial charge in [0, 0.05) is 17.5 Å². The van der Waals surface area contributed by atoms with Gasteiger partial charge in [-0.3, -0.25) is 0 Å². The van der Waals surface area contributed by atoms with Gasteiger partial charge < -0.3 is 4.42 Å². The number of halogens is 1. The molecule has 0 radical (unpaired) electrons. The highest BCUT2D eigenvalue weighted by molar-refractivity contribution is 7.92. The maximum atomic E-state index is 13.3. The fourth-order valence-corrected chi connectivity index (χ4v) is 6.38. The van der Waals surface area contributed by atoms with Crippen LogP contribution in [0.1, 0.15) is 5.82 Å². The van der Waals surface area contributed by atoms with Crippen LogP contribution in [0.2, 0.25) is 5.02 Å². The zero-order valence-corrected chi connectivity index (χ0v) is 24.9. The van der Waals surface area contributed by atoms with Crippen LogP contribution in [0.15, 0.2) is 93.1 Å². The van der Waals surface area contributed by atoms with Gasteiger partial charge in [0.2, 0.25) is 15.8 Å². The van der Waals surface area contributed by atoms with E-state index in [2.05, 4.69) is 30.2 Å². The number of aromatic nitrogens is 7. The van der Waals surface area contributed by atoms with Crippen molar-refractivity contribution in [3.8, 4) is 17.3 Å². The lowest BCUT2D eigenvalue weighted by Gasteiger charge is -2.17. The van der Waals surface area contributed by atoms with Crippen LogP contribution in [0, 0.1) is 0 Å². The molecule has 0 bridgehead atoms. The zero-order valence-electron chi connectivity index (χ0n) is 22.5. The Morgan fingerprint density at radius 2 is 1.63 bits per heavy atom. The van der Waals surface area contributed by atoms with Crippen molar-refractivity contribution in [1.82, 2.24) is 39.3 Å². The van der Waals surface area contributed by atoms with E-state index in [-0.39, 0.29) is 33.9 Å². The summed E-state index contributed by atoms with van der Waals surface area (Å²) in [5.74, 6) is 0.679. The van der Waals surface area contributed by atoms with Crippen molar-refractivity contribution in [2.24, 2.45) is 7.05 Å². The Bertz CT molecular complexity index is 2130. The molecular weight excluding hydrogens is 618 g/mol. The van der Waals surface area contributed by atoms with E-state index in [0.29, 0.717) is 22.1 Å². The van der Waals surface area contributed by atoms with Gasteiger partial charge in [-0.05, 0) is 65.9 Å². The Morgan fingerprint density at radius 3 is 2.30 bits per heavy atom. The van der Waals surface area contributed by atoms with E-state index in [9.17, 15) is 16.8 Å². The normalized spacial score (nSPS) is 12.3. The molecule has 14 nitrogen and oxygen atoms in total. The summed E-state index contributed by atoms with van der Waals surface area (Å²) < 4.78 is 63.1. The molecule has 0 aliphatic heterocycles. The molecule has 0 saturated heterocycles. The lowest BCUT2D eigenvalue weighted by molar-refractivity contribution is 0.452. The Balaban J connectivity index is 1.36. The molecule has 220 valence electrons. The molecular formula is C26H22ClN9O5S2. The minimum atomic E-state index is -4.02. The highest BCUT2D eigenvalue weighted by Gasteiger charge is 2.25. The van der Waals surface area contributed by atoms with E-state index in [1.807, 2.05) is 24.3 Å². The number of aryl methyl sites for hydroxylation is 1. The molecule has 1 N–H and O–H groups in total. The molecule has 0 amide bonds. The standard InChI is InChI=1S/C26H22ClN9O5S2/c1-34(43(39,40)21-11-7-18(27)8-12-21)16-24-28-25(23-15-17-5-3-4-6-22(17)41-23)30-36(24)19-9-13-20(14-10-19)42(37,38)32-26-29-33-35(2)31-26/h3-15H,16H2,1-2H3,(H,31,32). The van der Waals surface area contributed by atoms with Gasteiger partial charge in [-0.2, -0.15) is 9.10 Å². The molecule has 17 heteroatoms. The summed E-state index contributed by atoms with van der Waals surface area (Å²) in [4.78, 5) is 5.73. The van der Waals surface area contributed by atoms with Crippen LogP contribution >= 0.6 is 11.6 Å². The molecule has 0 spiro atoms. The number of tetrazole rings is 1. The number of furan rings is 1. The minimum Gasteiger partial charge on any atom is -0.453 e. The average molecular weight is 640 g/mol. The monoisotopic (exact) mass is 639 g/mol. The van der Waals surface area contributed by atoms with Crippen LogP contribution < -0.4 is 4.72 Å². The van der Waals surface area contributed by atoms with Crippen LogP contribution in [0.4, 0.5) is 5.95 Å². The van der Waals surface area contributed by atoms with Gasteiger partial charge in [0.1, 0.15) is 11.4 Å². The zero-order chi connectivity index (χ0) is 30.4. The van der Waals surface area contributed by atoms with Crippen LogP contribution in [0.25, 0.3) is 28.2 Å². The number of fused-ring (bicyclic) bond motifs is 1. The van der Waals surface area contributed by atoms with Crippen LogP contribution in [0.3, 0.4) is 0 Å². The first-order valence-corrected chi connectivity index (χ1v) is 15.8. The average Bonchev–Trinajstić information content (AvgIpc) is 3.71. The Hall–Kier alpha value is -4.64. The Kier molecular flexibility index (Phi) is 7.21. The first-order valence-electron chi connectivity index (χ1n) is 12.5. The van der Waals surface area contributed by atoms with Gasteiger partial charge in [-0.15, -0.1) is 10.2 Å². The van der Waals surface area contributed by atoms with Crippen molar-refractivity contribution < 1.29 is 21.3 Å². The van der Waals surface area contributed by atoms with Crippen molar-refractivity contribution in [2.45, 2.75) is 16.3 Å². The number of hydrogen-bond acceptors (Lipinski definition) is 10. The van der Waals surface area contributed by atoms with Crippen LogP contribution in [0.5, 0.6) is 0 Å². The Morgan fingerprint density at radius 1 is 0.930 bits per heavy atom. The van der Waals surface area contributed by atoms with Gasteiger partial charge >= 0.3 is 0 Å². The lowest BCUT2D eigenvalue weighted by Crippen LogP contribution is -2.28. The van der Waals surface area contributed by atoms with E-state index >= 15 is 0 Å². The number of benzene rings is 3. The maximum Gasteiger partial charge on any atom is 0.277 e. The molecule has 0 saturated carbocycles. The second kappa shape index (κ2) is 10.9. The molecule has 0 atom stereocenters. The smallest absolute Gasteiger partial charge is 0.277 e. The molecule has 0 aliphatic rings. The lowest BCUT2D eigenvalue weighted by atomic mass is 10.2. The van der Waals surface area contributed by atoms with Gasteiger partial charge in [0.15, 0.2) is 5.76 Å². The van der Waals surface area contributed by atoms with Gasteiger partial charge in [0.05, 0.1) is 29.1 Å². The van der Waals surface area contributed by atoms with Crippen molar-refractivity contribution in [3.05, 3.63) is 89.7 Å². The summed E-state index contributed by atoms with van der Waals surface area (Å²) in [5, 5.41) is 16.9. The van der Waals surface area contributed by atoms with Crippen LogP contribution in [-0.2, 0) is 33.6 Å². The number of para-hydroxylation sites is 1. The molecule has 43 heavy (non-hydrogen) atoms. The number of nitrogens with one attached hydrogen (secondary N) is 1. The molecule has 3 heterocycles. The number of rotatable bonds is 9. The van der Waals surface area contributed by atoms with E-state index in [1.54, 1.807) is 6.07 Å². The predicted octanol–water partition coefficient (Wildman–Crippen LogP) is 3.48. The first kappa shape index (κ1) is 28.5.